The van der Waals surface area contributed by atoms with E-state index in [1.165, 1.54) is 40.4 Å². The molecular weight excluding hydrogens is 432 g/mol. The van der Waals surface area contributed by atoms with E-state index in [2.05, 4.69) is 23.5 Å². The van der Waals surface area contributed by atoms with Gasteiger partial charge in [-0.2, -0.15) is 4.31 Å². The number of fused-ring (bicyclic) bond motifs is 1. The molecule has 166 valence electrons. The topological polar surface area (TPSA) is 66.5 Å². The highest BCUT2D eigenvalue weighted by Gasteiger charge is 2.40. The Kier molecular flexibility index (Phi) is 6.70. The van der Waals surface area contributed by atoms with Crippen LogP contribution in [0, 0.1) is 0 Å². The van der Waals surface area contributed by atoms with E-state index in [0.29, 0.717) is 24.4 Å². The first-order chi connectivity index (χ1) is 14.9. The maximum Gasteiger partial charge on any atom is 0.243 e. The summed E-state index contributed by atoms with van der Waals surface area (Å²) in [6.07, 6.45) is 6.60. The van der Waals surface area contributed by atoms with Crippen molar-refractivity contribution in [3.05, 3.63) is 64.2 Å². The Morgan fingerprint density at radius 2 is 1.81 bits per heavy atom. The second kappa shape index (κ2) is 9.31. The minimum absolute atomic E-state index is 0.125. The van der Waals surface area contributed by atoms with Crippen molar-refractivity contribution in [1.82, 2.24) is 9.62 Å². The van der Waals surface area contributed by atoms with Crippen molar-refractivity contribution in [2.75, 3.05) is 6.54 Å². The van der Waals surface area contributed by atoms with Gasteiger partial charge in [-0.1, -0.05) is 36.7 Å². The van der Waals surface area contributed by atoms with Crippen molar-refractivity contribution in [1.29, 1.82) is 0 Å². The second-order valence-electron chi connectivity index (χ2n) is 8.43. The van der Waals surface area contributed by atoms with Gasteiger partial charge in [0.25, 0.3) is 0 Å². The van der Waals surface area contributed by atoms with Gasteiger partial charge in [0.15, 0.2) is 0 Å². The highest BCUT2D eigenvalue weighted by molar-refractivity contribution is 7.89. The molecule has 0 radical (unpaired) electrons. The molecule has 1 saturated heterocycles. The van der Waals surface area contributed by atoms with E-state index in [4.69, 9.17) is 11.6 Å². The van der Waals surface area contributed by atoms with E-state index >= 15 is 0 Å². The molecule has 2 aliphatic rings. The highest BCUT2D eigenvalue weighted by atomic mass is 35.5. The number of carbonyl (C=O) groups excluding carboxylic acids is 1. The van der Waals surface area contributed by atoms with Gasteiger partial charge < -0.3 is 5.32 Å². The standard InChI is InChI=1S/C24H29ClN2O3S/c1-2-22(19-10-9-17-6-3-4-7-18(17)16-19)26-24(28)23-8-5-15-27(23)31(29,30)21-13-11-20(25)12-14-21/h9-14,16,22-23H,2-8,15H2,1H3,(H,26,28). The van der Waals surface area contributed by atoms with Crippen LogP contribution in [0.3, 0.4) is 0 Å². The summed E-state index contributed by atoms with van der Waals surface area (Å²) in [7, 11) is -3.76. The summed E-state index contributed by atoms with van der Waals surface area (Å²) in [6.45, 7) is 2.39. The van der Waals surface area contributed by atoms with Crippen LogP contribution in [0.4, 0.5) is 0 Å². The molecule has 0 saturated carbocycles. The number of amides is 1. The molecule has 1 aliphatic heterocycles. The second-order valence-corrected chi connectivity index (χ2v) is 10.8. The summed E-state index contributed by atoms with van der Waals surface area (Å²) in [5, 5.41) is 3.61. The normalized spacial score (nSPS) is 20.3. The van der Waals surface area contributed by atoms with E-state index in [1.54, 1.807) is 12.1 Å². The van der Waals surface area contributed by atoms with Crippen molar-refractivity contribution in [3.63, 3.8) is 0 Å². The van der Waals surface area contributed by atoms with E-state index in [1.807, 2.05) is 6.92 Å². The Bertz CT molecular complexity index is 1050. The highest BCUT2D eigenvalue weighted by Crippen LogP contribution is 2.29. The minimum Gasteiger partial charge on any atom is -0.348 e. The quantitative estimate of drug-likeness (QED) is 0.682. The Hall–Kier alpha value is -1.89. The minimum atomic E-state index is -3.76. The molecule has 4 rings (SSSR count). The van der Waals surface area contributed by atoms with Crippen LogP contribution in [0.5, 0.6) is 0 Å². The summed E-state index contributed by atoms with van der Waals surface area (Å²) in [4.78, 5) is 13.3. The third-order valence-electron chi connectivity index (χ3n) is 6.43. The SMILES string of the molecule is CCC(NC(=O)C1CCCN1S(=O)(=O)c1ccc(Cl)cc1)c1ccc2c(c1)CCCC2. The number of halogens is 1. The smallest absolute Gasteiger partial charge is 0.243 e. The van der Waals surface area contributed by atoms with E-state index < -0.39 is 16.1 Å². The monoisotopic (exact) mass is 460 g/mol. The third kappa shape index (κ3) is 4.66. The van der Waals surface area contributed by atoms with Crippen molar-refractivity contribution in [2.45, 2.75) is 68.8 Å². The largest absolute Gasteiger partial charge is 0.348 e. The number of carbonyl (C=O) groups is 1. The molecule has 1 N–H and O–H groups in total. The number of hydrogen-bond donors (Lipinski definition) is 1. The van der Waals surface area contributed by atoms with Gasteiger partial charge in [-0.05, 0) is 85.9 Å². The average Bonchev–Trinajstić information content (AvgIpc) is 3.28. The van der Waals surface area contributed by atoms with Crippen LogP contribution < -0.4 is 5.32 Å². The molecule has 1 aliphatic carbocycles. The Labute approximate surface area is 189 Å². The number of nitrogens with one attached hydrogen (secondary N) is 1. The molecule has 2 atom stereocenters. The van der Waals surface area contributed by atoms with Gasteiger partial charge in [0.2, 0.25) is 15.9 Å². The maximum atomic E-state index is 13.2. The summed E-state index contributed by atoms with van der Waals surface area (Å²) in [5.74, 6) is -0.223. The van der Waals surface area contributed by atoms with Crippen LogP contribution in [0.2, 0.25) is 5.02 Å². The molecule has 1 fully saturated rings. The van der Waals surface area contributed by atoms with Gasteiger partial charge in [-0.15, -0.1) is 0 Å². The first kappa shape index (κ1) is 22.3. The van der Waals surface area contributed by atoms with Gasteiger partial charge in [-0.3, -0.25) is 4.79 Å². The first-order valence-corrected chi connectivity index (χ1v) is 12.9. The molecule has 2 aromatic rings. The predicted molar refractivity (Wildman–Crippen MR) is 123 cm³/mol. The Morgan fingerprint density at radius 3 is 2.52 bits per heavy atom. The van der Waals surface area contributed by atoms with E-state index in [9.17, 15) is 13.2 Å². The van der Waals surface area contributed by atoms with Gasteiger partial charge in [0.1, 0.15) is 6.04 Å². The molecule has 0 aromatic heterocycles. The molecular formula is C24H29ClN2O3S. The zero-order valence-electron chi connectivity index (χ0n) is 17.8. The average molecular weight is 461 g/mol. The van der Waals surface area contributed by atoms with Crippen molar-refractivity contribution in [2.24, 2.45) is 0 Å². The summed E-state index contributed by atoms with van der Waals surface area (Å²) in [6, 6.07) is 11.8. The fraction of sp³-hybridized carbons (Fsp3) is 0.458. The summed E-state index contributed by atoms with van der Waals surface area (Å²) < 4.78 is 27.6. The fourth-order valence-electron chi connectivity index (χ4n) is 4.69. The van der Waals surface area contributed by atoms with Crippen LogP contribution >= 0.6 is 11.6 Å². The summed E-state index contributed by atoms with van der Waals surface area (Å²) in [5.41, 5.74) is 3.89. The molecule has 1 heterocycles. The number of aryl methyl sites for hydroxylation is 2. The molecule has 0 spiro atoms. The van der Waals surface area contributed by atoms with Crippen LogP contribution in [-0.2, 0) is 27.7 Å². The Morgan fingerprint density at radius 1 is 1.10 bits per heavy atom. The Balaban J connectivity index is 1.52. The molecule has 2 aromatic carbocycles. The molecule has 31 heavy (non-hydrogen) atoms. The van der Waals surface area contributed by atoms with Crippen molar-refractivity contribution < 1.29 is 13.2 Å². The van der Waals surface area contributed by atoms with Crippen LogP contribution in [0.1, 0.15) is 61.8 Å². The third-order valence-corrected chi connectivity index (χ3v) is 8.60. The molecule has 0 bridgehead atoms. The molecule has 1 amide bonds. The predicted octanol–water partition coefficient (Wildman–Crippen LogP) is 4.64. The fourth-order valence-corrected chi connectivity index (χ4v) is 6.47. The zero-order valence-corrected chi connectivity index (χ0v) is 19.4. The zero-order chi connectivity index (χ0) is 22.0. The maximum absolute atomic E-state index is 13.2. The molecule has 7 heteroatoms. The van der Waals surface area contributed by atoms with Gasteiger partial charge in [-0.25, -0.2) is 8.42 Å². The van der Waals surface area contributed by atoms with Gasteiger partial charge in [0, 0.05) is 11.6 Å². The lowest BCUT2D eigenvalue weighted by molar-refractivity contribution is -0.125. The van der Waals surface area contributed by atoms with Crippen LogP contribution in [0.25, 0.3) is 0 Å². The van der Waals surface area contributed by atoms with Gasteiger partial charge >= 0.3 is 0 Å². The van der Waals surface area contributed by atoms with Gasteiger partial charge in [0.05, 0.1) is 10.9 Å². The number of rotatable bonds is 6. The van der Waals surface area contributed by atoms with Crippen LogP contribution in [-0.4, -0.2) is 31.2 Å². The lowest BCUT2D eigenvalue weighted by Gasteiger charge is -2.27. The molecule has 2 unspecified atom stereocenters. The number of sulfonamides is 1. The van der Waals surface area contributed by atoms with Crippen molar-refractivity contribution >= 4 is 27.5 Å². The summed E-state index contributed by atoms with van der Waals surface area (Å²) >= 11 is 5.90. The van der Waals surface area contributed by atoms with Crippen LogP contribution in [0.15, 0.2) is 47.4 Å². The molecule has 5 nitrogen and oxygen atoms in total. The lowest BCUT2D eigenvalue weighted by atomic mass is 9.88. The number of nitrogens with zero attached hydrogens (tertiary/aromatic N) is 1. The van der Waals surface area contributed by atoms with Crippen molar-refractivity contribution in [3.8, 4) is 0 Å². The number of hydrogen-bond acceptors (Lipinski definition) is 3. The van der Waals surface area contributed by atoms with E-state index in [0.717, 1.165) is 24.8 Å². The van der Waals surface area contributed by atoms with E-state index in [-0.39, 0.29) is 16.8 Å². The first-order valence-electron chi connectivity index (χ1n) is 11.1. The number of benzene rings is 2. The lowest BCUT2D eigenvalue weighted by Crippen LogP contribution is -2.46.